The summed E-state index contributed by atoms with van der Waals surface area (Å²) in [5.74, 6) is 0.470. The average Bonchev–Trinajstić information content (AvgIpc) is 2.65. The Balaban J connectivity index is 2.08. The number of benzene rings is 2. The fourth-order valence-electron chi connectivity index (χ4n) is 2.38. The van der Waals surface area contributed by atoms with E-state index in [1.807, 2.05) is 6.07 Å². The molecule has 2 N–H and O–H groups in total. The molecule has 1 aromatic heterocycles. The fraction of sp³-hybridized carbons (Fsp3) is 0.0526. The molecule has 6 heteroatoms. The molecule has 0 saturated carbocycles. The maximum atomic E-state index is 15.1. The Hall–Kier alpha value is -3.59. The predicted molar refractivity (Wildman–Crippen MR) is 91.8 cm³/mol. The van der Waals surface area contributed by atoms with Crippen LogP contribution in [0, 0.1) is 17.1 Å². The number of halogens is 1. The summed E-state index contributed by atoms with van der Waals surface area (Å²) in [4.78, 5) is 3.91. The molecule has 124 valence electrons. The number of aromatic nitrogens is 1. The molecule has 0 bridgehead atoms. The second-order valence-electron chi connectivity index (χ2n) is 5.17. The molecular formula is C19H14FN3O2. The van der Waals surface area contributed by atoms with Gasteiger partial charge in [-0.25, -0.2) is 9.37 Å². The Morgan fingerprint density at radius 3 is 2.60 bits per heavy atom. The second-order valence-corrected chi connectivity index (χ2v) is 5.17. The molecule has 0 fully saturated rings. The van der Waals surface area contributed by atoms with Crippen LogP contribution >= 0.6 is 0 Å². The zero-order valence-corrected chi connectivity index (χ0v) is 13.4. The molecule has 0 aliphatic carbocycles. The van der Waals surface area contributed by atoms with E-state index in [-0.39, 0.29) is 11.3 Å². The van der Waals surface area contributed by atoms with Crippen LogP contribution in [0.5, 0.6) is 17.2 Å². The van der Waals surface area contributed by atoms with Crippen LogP contribution < -0.4 is 15.2 Å². The number of anilines is 1. The highest BCUT2D eigenvalue weighted by molar-refractivity contribution is 5.74. The minimum atomic E-state index is -0.591. The number of nitrogen functional groups attached to an aromatic ring is 1. The van der Waals surface area contributed by atoms with E-state index < -0.39 is 5.82 Å². The lowest BCUT2D eigenvalue weighted by atomic mass is 10.0. The average molecular weight is 335 g/mol. The van der Waals surface area contributed by atoms with Crippen molar-refractivity contribution < 1.29 is 13.9 Å². The number of rotatable bonds is 4. The third-order valence-corrected chi connectivity index (χ3v) is 3.56. The third kappa shape index (κ3) is 3.35. The van der Waals surface area contributed by atoms with Gasteiger partial charge in [0.25, 0.3) is 0 Å². The molecule has 3 aromatic rings. The smallest absolute Gasteiger partial charge is 0.177 e. The van der Waals surface area contributed by atoms with Crippen LogP contribution in [0.15, 0.2) is 54.7 Å². The summed E-state index contributed by atoms with van der Waals surface area (Å²) in [6, 6.07) is 14.9. The van der Waals surface area contributed by atoms with Crippen LogP contribution in [0.4, 0.5) is 10.2 Å². The first kappa shape index (κ1) is 16.3. The van der Waals surface area contributed by atoms with E-state index in [0.29, 0.717) is 28.4 Å². The van der Waals surface area contributed by atoms with Gasteiger partial charge in [0.2, 0.25) is 0 Å². The lowest BCUT2D eigenvalue weighted by Crippen LogP contribution is -1.97. The summed E-state index contributed by atoms with van der Waals surface area (Å²) in [5, 5.41) is 9.06. The van der Waals surface area contributed by atoms with Gasteiger partial charge in [0, 0.05) is 0 Å². The molecule has 0 aliphatic rings. The maximum Gasteiger partial charge on any atom is 0.177 e. The van der Waals surface area contributed by atoms with Gasteiger partial charge in [0.05, 0.1) is 30.5 Å². The first-order chi connectivity index (χ1) is 12.1. The molecule has 0 unspecified atom stereocenters. The van der Waals surface area contributed by atoms with Gasteiger partial charge in [-0.1, -0.05) is 12.1 Å². The van der Waals surface area contributed by atoms with Crippen molar-refractivity contribution in [2.75, 3.05) is 12.8 Å². The Labute approximate surface area is 144 Å². The highest BCUT2D eigenvalue weighted by atomic mass is 19.1. The lowest BCUT2D eigenvalue weighted by Gasteiger charge is -2.14. The first-order valence-corrected chi connectivity index (χ1v) is 7.39. The molecule has 2 aromatic carbocycles. The second kappa shape index (κ2) is 6.89. The molecule has 0 atom stereocenters. The normalized spacial score (nSPS) is 10.1. The highest BCUT2D eigenvalue weighted by Gasteiger charge is 2.18. The lowest BCUT2D eigenvalue weighted by molar-refractivity contribution is 0.404. The number of methoxy groups -OCH3 is 1. The molecule has 0 saturated heterocycles. The van der Waals surface area contributed by atoms with Gasteiger partial charge in [-0.2, -0.15) is 5.26 Å². The predicted octanol–water partition coefficient (Wildman–Crippen LogP) is 4.14. The quantitative estimate of drug-likeness (QED) is 0.775. The van der Waals surface area contributed by atoms with Gasteiger partial charge in [0.15, 0.2) is 11.6 Å². The Bertz CT molecular complexity index is 950. The van der Waals surface area contributed by atoms with Crippen molar-refractivity contribution in [1.29, 1.82) is 5.26 Å². The van der Waals surface area contributed by atoms with E-state index >= 15 is 4.39 Å². The van der Waals surface area contributed by atoms with E-state index in [1.54, 1.807) is 42.5 Å². The van der Waals surface area contributed by atoms with Crippen LogP contribution in [0.3, 0.4) is 0 Å². The van der Waals surface area contributed by atoms with Gasteiger partial charge in [0.1, 0.15) is 17.3 Å². The zero-order valence-electron chi connectivity index (χ0n) is 13.4. The number of nitrogens with zero attached hydrogens (tertiary/aromatic N) is 2. The summed E-state index contributed by atoms with van der Waals surface area (Å²) >= 11 is 0. The summed E-state index contributed by atoms with van der Waals surface area (Å²) in [6.45, 7) is 0. The minimum Gasteiger partial charge on any atom is -0.496 e. The van der Waals surface area contributed by atoms with Crippen molar-refractivity contribution in [1.82, 2.24) is 4.98 Å². The van der Waals surface area contributed by atoms with E-state index in [1.165, 1.54) is 19.4 Å². The molecule has 0 amide bonds. The number of hydrogen-bond donors (Lipinski definition) is 1. The largest absolute Gasteiger partial charge is 0.496 e. The highest BCUT2D eigenvalue weighted by Crippen LogP contribution is 2.38. The van der Waals surface area contributed by atoms with Gasteiger partial charge < -0.3 is 15.2 Å². The third-order valence-electron chi connectivity index (χ3n) is 3.56. The van der Waals surface area contributed by atoms with Crippen LogP contribution in [0.2, 0.25) is 0 Å². The monoisotopic (exact) mass is 335 g/mol. The van der Waals surface area contributed by atoms with Gasteiger partial charge in [-0.05, 0) is 42.0 Å². The van der Waals surface area contributed by atoms with Crippen molar-refractivity contribution in [3.8, 4) is 34.4 Å². The number of pyridine rings is 1. The summed E-state index contributed by atoms with van der Waals surface area (Å²) in [5.41, 5.74) is 6.70. The van der Waals surface area contributed by atoms with E-state index in [0.717, 1.165) is 0 Å². The van der Waals surface area contributed by atoms with Crippen LogP contribution in [0.1, 0.15) is 5.56 Å². The molecule has 0 aliphatic heterocycles. The van der Waals surface area contributed by atoms with Gasteiger partial charge >= 0.3 is 0 Å². The van der Waals surface area contributed by atoms with E-state index in [2.05, 4.69) is 4.98 Å². The summed E-state index contributed by atoms with van der Waals surface area (Å²) in [7, 11) is 1.46. The Morgan fingerprint density at radius 1 is 1.12 bits per heavy atom. The molecule has 5 nitrogen and oxygen atoms in total. The van der Waals surface area contributed by atoms with Crippen molar-refractivity contribution in [3.63, 3.8) is 0 Å². The molecule has 0 spiro atoms. The number of ether oxygens (including phenoxy) is 2. The SMILES string of the molecule is COc1ccc(Oc2ccc(N)nc2)c(F)c1-c1cccc(C#N)c1. The van der Waals surface area contributed by atoms with Gasteiger partial charge in [-0.15, -0.1) is 0 Å². The van der Waals surface area contributed by atoms with E-state index in [4.69, 9.17) is 20.5 Å². The number of hydrogen-bond acceptors (Lipinski definition) is 5. The number of nitriles is 1. The molecular weight excluding hydrogens is 321 g/mol. The van der Waals surface area contributed by atoms with Crippen molar-refractivity contribution in [2.45, 2.75) is 0 Å². The number of nitrogens with two attached hydrogens (primary N) is 1. The Kier molecular flexibility index (Phi) is 4.48. The minimum absolute atomic E-state index is 0.0183. The van der Waals surface area contributed by atoms with Gasteiger partial charge in [-0.3, -0.25) is 0 Å². The molecule has 1 heterocycles. The standard InChI is InChI=1S/C19H14FN3O2/c1-24-15-6-7-16(25-14-5-8-17(22)23-11-14)19(20)18(15)13-4-2-3-12(9-13)10-21/h2-9,11H,1H3,(H2,22,23). The maximum absolute atomic E-state index is 15.1. The fourth-order valence-corrected chi connectivity index (χ4v) is 2.38. The van der Waals surface area contributed by atoms with Crippen molar-refractivity contribution in [2.24, 2.45) is 0 Å². The van der Waals surface area contributed by atoms with Crippen LogP contribution in [-0.4, -0.2) is 12.1 Å². The summed E-state index contributed by atoms with van der Waals surface area (Å²) in [6.07, 6.45) is 1.41. The first-order valence-electron chi connectivity index (χ1n) is 7.39. The summed E-state index contributed by atoms with van der Waals surface area (Å²) < 4.78 is 25.9. The van der Waals surface area contributed by atoms with Crippen LogP contribution in [0.25, 0.3) is 11.1 Å². The van der Waals surface area contributed by atoms with Crippen LogP contribution in [-0.2, 0) is 0 Å². The molecule has 0 radical (unpaired) electrons. The van der Waals surface area contributed by atoms with E-state index in [9.17, 15) is 0 Å². The molecule has 25 heavy (non-hydrogen) atoms. The van der Waals surface area contributed by atoms with Crippen molar-refractivity contribution >= 4 is 5.82 Å². The van der Waals surface area contributed by atoms with Crippen molar-refractivity contribution in [3.05, 3.63) is 66.1 Å². The topological polar surface area (TPSA) is 81.2 Å². The Morgan fingerprint density at radius 2 is 1.92 bits per heavy atom. The zero-order chi connectivity index (χ0) is 17.8. The molecule has 3 rings (SSSR count).